The molecule has 0 N–H and O–H groups in total. The van der Waals surface area contributed by atoms with Gasteiger partial charge in [-0.3, -0.25) is 0 Å². The Morgan fingerprint density at radius 2 is 1.76 bits per heavy atom. The summed E-state index contributed by atoms with van der Waals surface area (Å²) in [6.45, 7) is 6.54. The number of aromatic nitrogens is 1. The Balaban J connectivity index is 2.31. The van der Waals surface area contributed by atoms with Crippen molar-refractivity contribution in [3.05, 3.63) is 72.6 Å². The zero-order chi connectivity index (χ0) is 21.2. The van der Waals surface area contributed by atoms with Crippen LogP contribution in [-0.4, -0.2) is 30.4 Å². The van der Waals surface area contributed by atoms with Crippen molar-refractivity contribution in [3.8, 4) is 11.5 Å². The zero-order valence-corrected chi connectivity index (χ0v) is 15.1. The summed E-state index contributed by atoms with van der Waals surface area (Å²) in [6, 6.07) is 5.95. The van der Waals surface area contributed by atoms with Gasteiger partial charge in [-0.05, 0) is 23.4 Å². The Morgan fingerprint density at radius 3 is 2.31 bits per heavy atom. The molecule has 0 saturated heterocycles. The maximum Gasteiger partial charge on any atom is 0.425 e. The van der Waals surface area contributed by atoms with Crippen molar-refractivity contribution in [1.82, 2.24) is 4.98 Å². The van der Waals surface area contributed by atoms with E-state index in [1.54, 1.807) is 0 Å². The third kappa shape index (κ3) is 5.70. The number of carbonyl (C=O) groups is 2. The highest BCUT2D eigenvalue weighted by atomic mass is 19.1. The van der Waals surface area contributed by atoms with Crippen molar-refractivity contribution in [2.45, 2.75) is 0 Å². The molecule has 0 unspecified atom stereocenters. The average Bonchev–Trinajstić information content (AvgIpc) is 2.72. The molecular weight excluding hydrogens is 385 g/mol. The predicted molar refractivity (Wildman–Crippen MR) is 102 cm³/mol. The van der Waals surface area contributed by atoms with Gasteiger partial charge in [0.2, 0.25) is 0 Å². The summed E-state index contributed by atoms with van der Waals surface area (Å²) < 4.78 is 29.1. The van der Waals surface area contributed by atoms with Crippen molar-refractivity contribution in [2.75, 3.05) is 18.1 Å². The molecule has 150 valence electrons. The van der Waals surface area contributed by atoms with E-state index in [4.69, 9.17) is 14.2 Å². The molecule has 1 heterocycles. The third-order valence-corrected chi connectivity index (χ3v) is 3.21. The number of hydrogen-bond donors (Lipinski definition) is 0. The highest BCUT2D eigenvalue weighted by Crippen LogP contribution is 2.29. The molecular formula is C19H16FN3O6. The molecule has 0 atom stereocenters. The van der Waals surface area contributed by atoms with Crippen LogP contribution in [0.3, 0.4) is 0 Å². The van der Waals surface area contributed by atoms with Crippen LogP contribution in [0.1, 0.15) is 0 Å². The van der Waals surface area contributed by atoms with Gasteiger partial charge in [-0.25, -0.2) is 19.0 Å². The highest BCUT2D eigenvalue weighted by molar-refractivity contribution is 6.08. The van der Waals surface area contributed by atoms with Gasteiger partial charge in [0, 0.05) is 18.3 Å². The second-order valence-corrected chi connectivity index (χ2v) is 5.22. The number of carbonyl (C=O) groups excluding carboxylic acids is 2. The predicted octanol–water partition coefficient (Wildman–Crippen LogP) is 4.86. The summed E-state index contributed by atoms with van der Waals surface area (Å²) in [5.74, 6) is -1.16. The molecule has 29 heavy (non-hydrogen) atoms. The first-order valence-electron chi connectivity index (χ1n) is 8.12. The highest BCUT2D eigenvalue weighted by Gasteiger charge is 2.28. The van der Waals surface area contributed by atoms with Crippen molar-refractivity contribution in [1.29, 1.82) is 0 Å². The standard InChI is InChI=1S/C19H16FN3O6/c1-3-9-27-18(24)23(19(25)28-10-4-2)17-12-14(7-8-21-17)29-16-6-5-13(22-26)11-15(16)20/h3-8,11-12H,1-2,9-10H2. The van der Waals surface area contributed by atoms with Crippen LogP contribution < -0.4 is 9.64 Å². The van der Waals surface area contributed by atoms with E-state index in [-0.39, 0.29) is 36.2 Å². The first kappa shape index (κ1) is 21.2. The van der Waals surface area contributed by atoms with Crippen LogP contribution in [-0.2, 0) is 9.47 Å². The summed E-state index contributed by atoms with van der Waals surface area (Å²) in [7, 11) is 0. The Kier molecular flexibility index (Phi) is 7.54. The van der Waals surface area contributed by atoms with Crippen LogP contribution in [0.25, 0.3) is 0 Å². The van der Waals surface area contributed by atoms with Crippen LogP contribution >= 0.6 is 0 Å². The fourth-order valence-corrected chi connectivity index (χ4v) is 1.99. The molecule has 0 aliphatic carbocycles. The first-order chi connectivity index (χ1) is 14.0. The number of anilines is 1. The van der Waals surface area contributed by atoms with Gasteiger partial charge in [0.15, 0.2) is 17.4 Å². The summed E-state index contributed by atoms with van der Waals surface area (Å²) in [5.41, 5.74) is -0.105. The largest absolute Gasteiger partial charge is 0.454 e. The topological polar surface area (TPSA) is 107 Å². The van der Waals surface area contributed by atoms with E-state index in [2.05, 4.69) is 23.3 Å². The third-order valence-electron chi connectivity index (χ3n) is 3.21. The van der Waals surface area contributed by atoms with Gasteiger partial charge in [-0.15, -0.1) is 4.91 Å². The number of pyridine rings is 1. The number of nitrogens with zero attached hydrogens (tertiary/aromatic N) is 3. The van der Waals surface area contributed by atoms with Crippen LogP contribution in [0.5, 0.6) is 11.5 Å². The first-order valence-corrected chi connectivity index (χ1v) is 8.12. The van der Waals surface area contributed by atoms with Crippen molar-refractivity contribution in [2.24, 2.45) is 5.18 Å². The lowest BCUT2D eigenvalue weighted by molar-refractivity contribution is 0.146. The number of nitroso groups, excluding NO2 is 1. The Morgan fingerprint density at radius 1 is 1.10 bits per heavy atom. The number of halogens is 1. The quantitative estimate of drug-likeness (QED) is 0.459. The lowest BCUT2D eigenvalue weighted by Crippen LogP contribution is -2.38. The van der Waals surface area contributed by atoms with E-state index < -0.39 is 18.0 Å². The smallest absolute Gasteiger partial charge is 0.425 e. The van der Waals surface area contributed by atoms with Crippen molar-refractivity contribution < 1.29 is 28.2 Å². The molecule has 9 nitrogen and oxygen atoms in total. The number of ether oxygens (including phenoxy) is 3. The van der Waals surface area contributed by atoms with Crippen LogP contribution in [0.2, 0.25) is 0 Å². The van der Waals surface area contributed by atoms with E-state index in [1.165, 1.54) is 42.6 Å². The van der Waals surface area contributed by atoms with E-state index in [0.29, 0.717) is 4.90 Å². The lowest BCUT2D eigenvalue weighted by atomic mass is 10.3. The van der Waals surface area contributed by atoms with Crippen molar-refractivity contribution >= 4 is 23.7 Å². The molecule has 0 aliphatic heterocycles. The summed E-state index contributed by atoms with van der Waals surface area (Å²) in [4.78, 5) is 39.4. The minimum absolute atomic E-state index is 0.0544. The van der Waals surface area contributed by atoms with Gasteiger partial charge in [-0.1, -0.05) is 25.3 Å². The zero-order valence-electron chi connectivity index (χ0n) is 15.1. The van der Waals surface area contributed by atoms with Crippen LogP contribution in [0.15, 0.2) is 67.0 Å². The Hall–Kier alpha value is -4.08. The van der Waals surface area contributed by atoms with E-state index >= 15 is 0 Å². The van der Waals surface area contributed by atoms with Gasteiger partial charge in [0.25, 0.3) is 0 Å². The summed E-state index contributed by atoms with van der Waals surface area (Å²) >= 11 is 0. The summed E-state index contributed by atoms with van der Waals surface area (Å²) in [6.07, 6.45) is 1.75. The molecule has 0 spiro atoms. The van der Waals surface area contributed by atoms with E-state index in [9.17, 15) is 18.9 Å². The van der Waals surface area contributed by atoms with Crippen LogP contribution in [0.4, 0.5) is 25.5 Å². The number of rotatable bonds is 8. The molecule has 0 aliphatic rings. The van der Waals surface area contributed by atoms with E-state index in [0.717, 1.165) is 6.07 Å². The van der Waals surface area contributed by atoms with Gasteiger partial charge >= 0.3 is 12.2 Å². The number of amides is 2. The fraction of sp³-hybridized carbons (Fsp3) is 0.105. The monoisotopic (exact) mass is 401 g/mol. The summed E-state index contributed by atoms with van der Waals surface area (Å²) in [5, 5.41) is 2.63. The Labute approximate surface area is 165 Å². The molecule has 0 saturated carbocycles. The minimum atomic E-state index is -1.06. The molecule has 1 aromatic carbocycles. The molecule has 0 bridgehead atoms. The van der Waals surface area contributed by atoms with E-state index in [1.807, 2.05) is 0 Å². The molecule has 2 rings (SSSR count). The SMILES string of the molecule is C=CCOC(=O)N(C(=O)OCC=C)c1cc(Oc2ccc(N=O)cc2F)ccn1. The number of benzene rings is 1. The number of hydrogen-bond acceptors (Lipinski definition) is 8. The number of imide groups is 1. The maximum absolute atomic E-state index is 14.0. The van der Waals surface area contributed by atoms with Crippen LogP contribution in [0, 0.1) is 10.7 Å². The molecule has 2 amide bonds. The maximum atomic E-state index is 14.0. The normalized spacial score (nSPS) is 9.83. The lowest BCUT2D eigenvalue weighted by Gasteiger charge is -2.19. The molecule has 1 aromatic heterocycles. The average molecular weight is 401 g/mol. The van der Waals surface area contributed by atoms with Gasteiger partial charge in [0.1, 0.15) is 24.7 Å². The second-order valence-electron chi connectivity index (χ2n) is 5.22. The van der Waals surface area contributed by atoms with Gasteiger partial charge in [0.05, 0.1) is 0 Å². The van der Waals surface area contributed by atoms with Gasteiger partial charge < -0.3 is 14.2 Å². The molecule has 0 radical (unpaired) electrons. The van der Waals surface area contributed by atoms with Gasteiger partial charge in [-0.2, -0.15) is 4.90 Å². The Bertz CT molecular complexity index is 910. The molecule has 10 heteroatoms. The second kappa shape index (κ2) is 10.3. The molecule has 2 aromatic rings. The fourth-order valence-electron chi connectivity index (χ4n) is 1.99. The molecule has 0 fully saturated rings. The minimum Gasteiger partial charge on any atom is -0.454 e. The van der Waals surface area contributed by atoms with Crippen molar-refractivity contribution in [3.63, 3.8) is 0 Å².